The van der Waals surface area contributed by atoms with Gasteiger partial charge in [-0.1, -0.05) is 50.4 Å². The minimum Gasteiger partial charge on any atom is -0.455 e. The molecule has 0 N–H and O–H groups in total. The molecule has 0 spiro atoms. The summed E-state index contributed by atoms with van der Waals surface area (Å²) in [5.41, 5.74) is 0. The van der Waals surface area contributed by atoms with E-state index in [1.165, 1.54) is 38.5 Å². The van der Waals surface area contributed by atoms with E-state index in [-0.39, 0.29) is 6.61 Å². The molecule has 0 atom stereocenters. The maximum atomic E-state index is 9.85. The van der Waals surface area contributed by atoms with E-state index in [4.69, 9.17) is 9.47 Å². The fraction of sp³-hybridized carbons (Fsp3) is 0.812. The van der Waals surface area contributed by atoms with E-state index in [0.717, 1.165) is 25.9 Å². The van der Waals surface area contributed by atoms with Gasteiger partial charge in [-0.15, -0.1) is 0 Å². The summed E-state index contributed by atoms with van der Waals surface area (Å²) < 4.78 is 14.5. The predicted molar refractivity (Wildman–Crippen MR) is 79.2 cm³/mol. The van der Waals surface area contributed by atoms with Gasteiger partial charge in [-0.2, -0.15) is 0 Å². The molecule has 4 nitrogen and oxygen atoms in total. The van der Waals surface area contributed by atoms with Crippen LogP contribution in [0.5, 0.6) is 0 Å². The highest BCUT2D eigenvalue weighted by atomic mass is 16.7. The van der Waals surface area contributed by atoms with Crippen LogP contribution in [0.15, 0.2) is 0 Å². The Hall–Kier alpha value is -1.05. The van der Waals surface area contributed by atoms with Gasteiger partial charge in [0.05, 0.1) is 0 Å². The van der Waals surface area contributed by atoms with Gasteiger partial charge in [-0.05, 0) is 12.8 Å². The number of unbranched alkanes of at least 4 members (excludes halogenated alkanes) is 8. The van der Waals surface area contributed by atoms with Crippen molar-refractivity contribution in [3.8, 4) is 11.8 Å². The Morgan fingerprint density at radius 3 is 2.20 bits per heavy atom. The second kappa shape index (κ2) is 17.9. The molecule has 0 aromatic heterocycles. The Balaban J connectivity index is 3.02. The van der Waals surface area contributed by atoms with Crippen LogP contribution in [0.1, 0.15) is 57.8 Å². The third kappa shape index (κ3) is 16.9. The lowest BCUT2D eigenvalue weighted by molar-refractivity contribution is -0.127. The summed E-state index contributed by atoms with van der Waals surface area (Å²) in [7, 11) is 1.64. The van der Waals surface area contributed by atoms with E-state index in [2.05, 4.69) is 16.6 Å². The first-order chi connectivity index (χ1) is 9.91. The average molecular weight is 284 g/mol. The van der Waals surface area contributed by atoms with E-state index in [1.54, 1.807) is 7.11 Å². The Labute approximate surface area is 123 Å². The molecule has 0 radical (unpaired) electrons. The minimum absolute atomic E-state index is 0.220. The number of ether oxygens (including phenoxy) is 3. The van der Waals surface area contributed by atoms with Crippen molar-refractivity contribution in [1.29, 1.82) is 0 Å². The summed E-state index contributed by atoms with van der Waals surface area (Å²) in [6, 6.07) is 0. The summed E-state index contributed by atoms with van der Waals surface area (Å²) in [5.74, 6) is 5.80. The zero-order valence-corrected chi connectivity index (χ0v) is 12.7. The molecule has 0 rings (SSSR count). The lowest BCUT2D eigenvalue weighted by Crippen LogP contribution is -1.98. The quantitative estimate of drug-likeness (QED) is 0.212. The number of methoxy groups -OCH3 is 1. The van der Waals surface area contributed by atoms with Gasteiger partial charge in [0, 0.05) is 20.1 Å². The molecule has 0 aliphatic rings. The van der Waals surface area contributed by atoms with Gasteiger partial charge in [-0.3, -0.25) is 4.79 Å². The van der Waals surface area contributed by atoms with Crippen molar-refractivity contribution in [3.63, 3.8) is 0 Å². The van der Waals surface area contributed by atoms with Gasteiger partial charge in [0.25, 0.3) is 6.47 Å². The first-order valence-corrected chi connectivity index (χ1v) is 7.49. The van der Waals surface area contributed by atoms with Crippen molar-refractivity contribution < 1.29 is 19.0 Å². The third-order valence-corrected chi connectivity index (χ3v) is 2.89. The van der Waals surface area contributed by atoms with Crippen molar-refractivity contribution in [2.24, 2.45) is 0 Å². The number of hydrogen-bond acceptors (Lipinski definition) is 4. The van der Waals surface area contributed by atoms with Crippen LogP contribution in [0.3, 0.4) is 0 Å². The molecule has 0 saturated heterocycles. The van der Waals surface area contributed by atoms with Crippen molar-refractivity contribution in [1.82, 2.24) is 0 Å². The van der Waals surface area contributed by atoms with Crippen molar-refractivity contribution in [2.75, 3.05) is 27.1 Å². The third-order valence-electron chi connectivity index (χ3n) is 2.89. The molecule has 20 heavy (non-hydrogen) atoms. The van der Waals surface area contributed by atoms with Gasteiger partial charge in [-0.25, -0.2) is 0 Å². The first kappa shape index (κ1) is 18.9. The zero-order valence-electron chi connectivity index (χ0n) is 12.7. The first-order valence-electron chi connectivity index (χ1n) is 7.49. The molecule has 0 aromatic rings. The highest BCUT2D eigenvalue weighted by Gasteiger charge is 1.92. The highest BCUT2D eigenvalue weighted by molar-refractivity contribution is 5.37. The zero-order chi connectivity index (χ0) is 14.7. The second-order valence-electron chi connectivity index (χ2n) is 4.65. The topological polar surface area (TPSA) is 44.8 Å². The van der Waals surface area contributed by atoms with E-state index < -0.39 is 0 Å². The van der Waals surface area contributed by atoms with E-state index in [9.17, 15) is 4.79 Å². The van der Waals surface area contributed by atoms with Crippen LogP contribution in [-0.4, -0.2) is 33.6 Å². The van der Waals surface area contributed by atoms with Gasteiger partial charge in [0.1, 0.15) is 6.79 Å². The molecule has 4 heteroatoms. The van der Waals surface area contributed by atoms with Crippen LogP contribution in [0.2, 0.25) is 0 Å². The number of rotatable bonds is 14. The molecule has 0 aliphatic carbocycles. The number of hydrogen-bond donors (Lipinski definition) is 0. The molecule has 0 heterocycles. The number of carbonyl (C=O) groups is 1. The summed E-state index contributed by atoms with van der Waals surface area (Å²) >= 11 is 0. The number of carbonyl (C=O) groups excluding carboxylic acids is 1. The van der Waals surface area contributed by atoms with Crippen LogP contribution in [0.25, 0.3) is 0 Å². The Bertz CT molecular complexity index is 255. The summed E-state index contributed by atoms with van der Waals surface area (Å²) in [5, 5.41) is 0. The fourth-order valence-corrected chi connectivity index (χ4v) is 1.84. The summed E-state index contributed by atoms with van der Waals surface area (Å²) in [6.45, 7) is 1.86. The molecule has 0 amide bonds. The van der Waals surface area contributed by atoms with Crippen LogP contribution in [0, 0.1) is 11.8 Å². The van der Waals surface area contributed by atoms with Crippen LogP contribution in [0.4, 0.5) is 0 Å². The van der Waals surface area contributed by atoms with Gasteiger partial charge < -0.3 is 14.2 Å². The normalized spacial score (nSPS) is 9.85. The lowest BCUT2D eigenvalue weighted by Gasteiger charge is -2.03. The average Bonchev–Trinajstić information content (AvgIpc) is 2.47. The summed E-state index contributed by atoms with van der Waals surface area (Å²) in [6.07, 6.45) is 10.8. The van der Waals surface area contributed by atoms with E-state index in [1.807, 2.05) is 0 Å². The molecule has 0 fully saturated rings. The smallest absolute Gasteiger partial charge is 0.294 e. The SMILES string of the molecule is COCOCCCCCCCCCCC#CCOC=O. The van der Waals surface area contributed by atoms with Crippen molar-refractivity contribution >= 4 is 6.47 Å². The molecule has 0 aromatic carbocycles. The van der Waals surface area contributed by atoms with Crippen LogP contribution >= 0.6 is 0 Å². The van der Waals surface area contributed by atoms with Crippen LogP contribution < -0.4 is 0 Å². The summed E-state index contributed by atoms with van der Waals surface area (Å²) in [4.78, 5) is 9.85. The molecule has 0 saturated carbocycles. The van der Waals surface area contributed by atoms with E-state index >= 15 is 0 Å². The molecular weight excluding hydrogens is 256 g/mol. The largest absolute Gasteiger partial charge is 0.455 e. The minimum atomic E-state index is 0.220. The Kier molecular flexibility index (Phi) is 17.0. The van der Waals surface area contributed by atoms with Crippen molar-refractivity contribution in [3.05, 3.63) is 0 Å². The monoisotopic (exact) mass is 284 g/mol. The molecule has 0 unspecified atom stereocenters. The lowest BCUT2D eigenvalue weighted by atomic mass is 10.1. The molecular formula is C16H28O4. The standard InChI is InChI=1S/C16H28O4/c1-18-16-20-14-12-10-8-6-4-2-3-5-7-9-11-13-19-15-17/h15H,2-8,10,12-14,16H2,1H3. The Morgan fingerprint density at radius 2 is 1.55 bits per heavy atom. The van der Waals surface area contributed by atoms with Gasteiger partial charge in [0.15, 0.2) is 6.61 Å². The molecule has 0 aliphatic heterocycles. The maximum absolute atomic E-state index is 9.85. The molecule has 0 bridgehead atoms. The van der Waals surface area contributed by atoms with Gasteiger partial charge >= 0.3 is 0 Å². The second-order valence-corrected chi connectivity index (χ2v) is 4.65. The Morgan fingerprint density at radius 1 is 0.900 bits per heavy atom. The van der Waals surface area contributed by atoms with E-state index in [0.29, 0.717) is 13.3 Å². The highest BCUT2D eigenvalue weighted by Crippen LogP contribution is 2.09. The molecule has 116 valence electrons. The predicted octanol–water partition coefficient (Wildman–Crippen LogP) is 3.29. The maximum Gasteiger partial charge on any atom is 0.294 e. The van der Waals surface area contributed by atoms with Crippen LogP contribution in [-0.2, 0) is 19.0 Å². The van der Waals surface area contributed by atoms with Crippen molar-refractivity contribution in [2.45, 2.75) is 57.8 Å². The fourth-order valence-electron chi connectivity index (χ4n) is 1.84. The van der Waals surface area contributed by atoms with Gasteiger partial charge in [0.2, 0.25) is 0 Å².